The van der Waals surface area contributed by atoms with Gasteiger partial charge in [0.05, 0.1) is 17.2 Å². The SMILES string of the molecule is CCOc1ccc(-c2ccc(OCCNS(=O)(=O)c3ccc(I)cc3)nn2)cc1. The molecule has 0 unspecified atom stereocenters. The normalized spacial score (nSPS) is 11.2. The fourth-order valence-corrected chi connectivity index (χ4v) is 3.84. The average molecular weight is 525 g/mol. The first kappa shape index (κ1) is 21.5. The van der Waals surface area contributed by atoms with Crippen LogP contribution in [-0.4, -0.2) is 38.4 Å². The summed E-state index contributed by atoms with van der Waals surface area (Å²) in [6.07, 6.45) is 0. The van der Waals surface area contributed by atoms with Crippen LogP contribution in [0.2, 0.25) is 0 Å². The van der Waals surface area contributed by atoms with E-state index in [9.17, 15) is 8.42 Å². The van der Waals surface area contributed by atoms with Crippen LogP contribution in [0.3, 0.4) is 0 Å². The van der Waals surface area contributed by atoms with E-state index >= 15 is 0 Å². The van der Waals surface area contributed by atoms with E-state index in [0.29, 0.717) is 18.2 Å². The molecule has 9 heteroatoms. The van der Waals surface area contributed by atoms with E-state index in [1.165, 1.54) is 0 Å². The zero-order valence-electron chi connectivity index (χ0n) is 15.7. The number of hydrogen-bond acceptors (Lipinski definition) is 6. The molecule has 0 atom stereocenters. The Kier molecular flexibility index (Phi) is 7.40. The van der Waals surface area contributed by atoms with Crippen molar-refractivity contribution >= 4 is 32.6 Å². The Morgan fingerprint density at radius 3 is 2.28 bits per heavy atom. The second-order valence-electron chi connectivity index (χ2n) is 5.91. The van der Waals surface area contributed by atoms with Gasteiger partial charge in [0.25, 0.3) is 0 Å². The lowest BCUT2D eigenvalue weighted by molar-refractivity contribution is 0.307. The molecule has 1 heterocycles. The van der Waals surface area contributed by atoms with Gasteiger partial charge < -0.3 is 9.47 Å². The molecule has 0 aliphatic heterocycles. The van der Waals surface area contributed by atoms with Crippen LogP contribution >= 0.6 is 22.6 Å². The molecule has 3 rings (SSSR count). The van der Waals surface area contributed by atoms with E-state index in [1.54, 1.807) is 36.4 Å². The molecule has 0 saturated heterocycles. The van der Waals surface area contributed by atoms with Gasteiger partial charge in [0.15, 0.2) is 0 Å². The number of rotatable bonds is 9. The maximum absolute atomic E-state index is 12.2. The van der Waals surface area contributed by atoms with E-state index in [1.807, 2.05) is 31.2 Å². The molecule has 29 heavy (non-hydrogen) atoms. The van der Waals surface area contributed by atoms with Crippen LogP contribution in [0.1, 0.15) is 6.92 Å². The summed E-state index contributed by atoms with van der Waals surface area (Å²) in [5.74, 6) is 1.13. The smallest absolute Gasteiger partial charge is 0.240 e. The number of benzene rings is 2. The first-order valence-corrected chi connectivity index (χ1v) is 11.5. The second kappa shape index (κ2) is 9.99. The molecule has 3 aromatic rings. The van der Waals surface area contributed by atoms with Crippen LogP contribution in [0.5, 0.6) is 11.6 Å². The highest BCUT2D eigenvalue weighted by Gasteiger charge is 2.13. The highest BCUT2D eigenvalue weighted by molar-refractivity contribution is 14.1. The molecule has 0 spiro atoms. The third kappa shape index (κ3) is 6.12. The van der Waals surface area contributed by atoms with E-state index in [0.717, 1.165) is 14.9 Å². The van der Waals surface area contributed by atoms with Crippen LogP contribution in [0.25, 0.3) is 11.3 Å². The van der Waals surface area contributed by atoms with Crippen molar-refractivity contribution < 1.29 is 17.9 Å². The number of nitrogens with one attached hydrogen (secondary N) is 1. The van der Waals surface area contributed by atoms with E-state index < -0.39 is 10.0 Å². The summed E-state index contributed by atoms with van der Waals surface area (Å²) in [5, 5.41) is 8.19. The molecule has 0 bridgehead atoms. The lowest BCUT2D eigenvalue weighted by Crippen LogP contribution is -2.28. The van der Waals surface area contributed by atoms with Crippen molar-refractivity contribution in [3.8, 4) is 22.9 Å². The maximum atomic E-state index is 12.2. The van der Waals surface area contributed by atoms with Gasteiger partial charge in [-0.15, -0.1) is 10.2 Å². The summed E-state index contributed by atoms with van der Waals surface area (Å²) in [7, 11) is -3.56. The summed E-state index contributed by atoms with van der Waals surface area (Å²) in [6.45, 7) is 2.81. The summed E-state index contributed by atoms with van der Waals surface area (Å²) >= 11 is 2.12. The van der Waals surface area contributed by atoms with Gasteiger partial charge in [-0.05, 0) is 84.1 Å². The van der Waals surface area contributed by atoms with Crippen molar-refractivity contribution in [2.75, 3.05) is 19.8 Å². The predicted octanol–water partition coefficient (Wildman–Crippen LogP) is 3.50. The molecule has 2 aromatic carbocycles. The van der Waals surface area contributed by atoms with Crippen molar-refractivity contribution in [1.82, 2.24) is 14.9 Å². The molecule has 0 fully saturated rings. The maximum Gasteiger partial charge on any atom is 0.240 e. The summed E-state index contributed by atoms with van der Waals surface area (Å²) in [4.78, 5) is 0.220. The number of hydrogen-bond donors (Lipinski definition) is 1. The summed E-state index contributed by atoms with van der Waals surface area (Å²) in [6, 6.07) is 17.7. The van der Waals surface area contributed by atoms with Crippen LogP contribution in [-0.2, 0) is 10.0 Å². The first-order chi connectivity index (χ1) is 14.0. The predicted molar refractivity (Wildman–Crippen MR) is 118 cm³/mol. The highest BCUT2D eigenvalue weighted by atomic mass is 127. The van der Waals surface area contributed by atoms with Gasteiger partial charge in [-0.1, -0.05) is 0 Å². The largest absolute Gasteiger partial charge is 0.494 e. The third-order valence-corrected chi connectivity index (χ3v) is 6.07. The minimum Gasteiger partial charge on any atom is -0.494 e. The zero-order valence-corrected chi connectivity index (χ0v) is 18.7. The molecule has 0 radical (unpaired) electrons. The van der Waals surface area contributed by atoms with Crippen LogP contribution in [0.4, 0.5) is 0 Å². The molecular weight excluding hydrogens is 505 g/mol. The number of sulfonamides is 1. The highest BCUT2D eigenvalue weighted by Crippen LogP contribution is 2.21. The number of aromatic nitrogens is 2. The number of halogens is 1. The van der Waals surface area contributed by atoms with Gasteiger partial charge >= 0.3 is 0 Å². The molecule has 0 saturated carbocycles. The second-order valence-corrected chi connectivity index (χ2v) is 8.93. The van der Waals surface area contributed by atoms with Crippen LogP contribution in [0.15, 0.2) is 65.6 Å². The minimum atomic E-state index is -3.56. The van der Waals surface area contributed by atoms with Crippen molar-refractivity contribution in [3.63, 3.8) is 0 Å². The third-order valence-electron chi connectivity index (χ3n) is 3.87. The van der Waals surface area contributed by atoms with Crippen molar-refractivity contribution in [2.45, 2.75) is 11.8 Å². The summed E-state index contributed by atoms with van der Waals surface area (Å²) < 4.78 is 38.8. The Morgan fingerprint density at radius 1 is 0.931 bits per heavy atom. The number of nitrogens with zero attached hydrogens (tertiary/aromatic N) is 2. The Labute approximate surface area is 183 Å². The zero-order chi connectivity index (χ0) is 20.7. The Bertz CT molecular complexity index is 1020. The monoisotopic (exact) mass is 525 g/mol. The molecule has 0 aliphatic rings. The molecule has 0 amide bonds. The van der Waals surface area contributed by atoms with Gasteiger partial charge in [-0.2, -0.15) is 0 Å². The van der Waals surface area contributed by atoms with Crippen molar-refractivity contribution in [3.05, 3.63) is 64.2 Å². The van der Waals surface area contributed by atoms with Gasteiger partial charge in [0.1, 0.15) is 12.4 Å². The molecular formula is C20H20IN3O4S. The van der Waals surface area contributed by atoms with Gasteiger partial charge in [0, 0.05) is 21.7 Å². The van der Waals surface area contributed by atoms with Gasteiger partial charge in [0.2, 0.25) is 15.9 Å². The van der Waals surface area contributed by atoms with E-state index in [-0.39, 0.29) is 18.0 Å². The van der Waals surface area contributed by atoms with Gasteiger partial charge in [-0.3, -0.25) is 0 Å². The Balaban J connectivity index is 1.50. The van der Waals surface area contributed by atoms with E-state index in [4.69, 9.17) is 9.47 Å². The lowest BCUT2D eigenvalue weighted by Gasteiger charge is -2.08. The quantitative estimate of drug-likeness (QED) is 0.340. The molecule has 0 aliphatic carbocycles. The van der Waals surface area contributed by atoms with Crippen LogP contribution < -0.4 is 14.2 Å². The fourth-order valence-electron chi connectivity index (χ4n) is 2.47. The van der Waals surface area contributed by atoms with E-state index in [2.05, 4.69) is 37.5 Å². The standard InChI is InChI=1S/C20H20IN3O4S/c1-2-27-17-7-3-15(4-8-17)19-11-12-20(24-23-19)28-14-13-22-29(25,26)18-9-5-16(21)6-10-18/h3-12,22H,2,13-14H2,1H3. The lowest BCUT2D eigenvalue weighted by atomic mass is 10.1. The Hall–Kier alpha value is -2.24. The van der Waals surface area contributed by atoms with Crippen molar-refractivity contribution in [1.29, 1.82) is 0 Å². The first-order valence-electron chi connectivity index (χ1n) is 8.93. The molecule has 7 nitrogen and oxygen atoms in total. The Morgan fingerprint density at radius 2 is 1.66 bits per heavy atom. The van der Waals surface area contributed by atoms with Crippen molar-refractivity contribution in [2.24, 2.45) is 0 Å². The fraction of sp³-hybridized carbons (Fsp3) is 0.200. The van der Waals surface area contributed by atoms with Crippen LogP contribution in [0, 0.1) is 3.57 Å². The molecule has 152 valence electrons. The molecule has 1 aromatic heterocycles. The number of ether oxygens (including phenoxy) is 2. The molecule has 1 N–H and O–H groups in total. The average Bonchev–Trinajstić information content (AvgIpc) is 2.73. The topological polar surface area (TPSA) is 90.4 Å². The minimum absolute atomic E-state index is 0.122. The summed E-state index contributed by atoms with van der Waals surface area (Å²) in [5.41, 5.74) is 1.62. The van der Waals surface area contributed by atoms with Gasteiger partial charge in [-0.25, -0.2) is 13.1 Å².